The molecule has 0 atom stereocenters. The van der Waals surface area contributed by atoms with Gasteiger partial charge in [0.05, 0.1) is 0 Å². The molecule has 0 aliphatic heterocycles. The van der Waals surface area contributed by atoms with E-state index in [1.807, 2.05) is 24.3 Å². The van der Waals surface area contributed by atoms with E-state index in [0.29, 0.717) is 12.0 Å². The van der Waals surface area contributed by atoms with Crippen LogP contribution in [0, 0.1) is 0 Å². The van der Waals surface area contributed by atoms with Crippen LogP contribution in [-0.2, 0) is 11.2 Å². The minimum atomic E-state index is -0.439. The van der Waals surface area contributed by atoms with Gasteiger partial charge in [0.1, 0.15) is 0 Å². The van der Waals surface area contributed by atoms with E-state index in [-0.39, 0.29) is 0 Å². The third kappa shape index (κ3) is 4.50. The van der Waals surface area contributed by atoms with Crippen LogP contribution >= 0.6 is 23.2 Å². The van der Waals surface area contributed by atoms with Crippen LogP contribution in [0.15, 0.2) is 36.4 Å². The highest BCUT2D eigenvalue weighted by atomic mass is 35.5. The summed E-state index contributed by atoms with van der Waals surface area (Å²) in [5.41, 5.74) is 1.68. The van der Waals surface area contributed by atoms with Crippen molar-refractivity contribution in [2.45, 2.75) is 19.3 Å². The number of carbonyl (C=O) groups excluding carboxylic acids is 1. The highest BCUT2D eigenvalue weighted by Crippen LogP contribution is 2.13. The lowest BCUT2D eigenvalue weighted by atomic mass is 10.1. The van der Waals surface area contributed by atoms with Crippen LogP contribution in [0.4, 0.5) is 0 Å². The molecule has 1 aromatic carbocycles. The molecule has 0 saturated carbocycles. The normalized spacial score (nSPS) is 10.0. The van der Waals surface area contributed by atoms with E-state index < -0.39 is 5.24 Å². The van der Waals surface area contributed by atoms with Crippen molar-refractivity contribution >= 4 is 28.4 Å². The van der Waals surface area contributed by atoms with Gasteiger partial charge in [-0.1, -0.05) is 30.3 Å². The Labute approximate surface area is 99.7 Å². The summed E-state index contributed by atoms with van der Waals surface area (Å²) in [6.45, 7) is 3.60. The zero-order valence-electron chi connectivity index (χ0n) is 8.30. The lowest BCUT2D eigenvalue weighted by Gasteiger charge is -2.01. The zero-order chi connectivity index (χ0) is 11.3. The molecule has 0 fully saturated rings. The average molecular weight is 243 g/mol. The molecule has 0 heterocycles. The Hall–Kier alpha value is -0.790. The second-order valence-corrected chi connectivity index (χ2v) is 4.14. The fourth-order valence-corrected chi connectivity index (χ4v) is 1.48. The van der Waals surface area contributed by atoms with Gasteiger partial charge < -0.3 is 0 Å². The molecule has 1 rings (SSSR count). The monoisotopic (exact) mass is 242 g/mol. The van der Waals surface area contributed by atoms with Crippen molar-refractivity contribution in [3.05, 3.63) is 47.0 Å². The maximum Gasteiger partial charge on any atom is 0.247 e. The van der Waals surface area contributed by atoms with E-state index in [4.69, 9.17) is 23.2 Å². The Morgan fingerprint density at radius 1 is 1.27 bits per heavy atom. The van der Waals surface area contributed by atoms with Crippen molar-refractivity contribution in [3.8, 4) is 0 Å². The Balaban J connectivity index is 2.35. The molecule has 0 unspecified atom stereocenters. The van der Waals surface area contributed by atoms with Gasteiger partial charge in [-0.2, -0.15) is 0 Å². The predicted molar refractivity (Wildman–Crippen MR) is 64.4 cm³/mol. The fraction of sp³-hybridized carbons (Fsp3) is 0.250. The number of hydrogen-bond donors (Lipinski definition) is 0. The van der Waals surface area contributed by atoms with E-state index >= 15 is 0 Å². The number of halogens is 2. The van der Waals surface area contributed by atoms with Gasteiger partial charge in [0.25, 0.3) is 0 Å². The van der Waals surface area contributed by atoms with Crippen molar-refractivity contribution in [1.82, 2.24) is 0 Å². The van der Waals surface area contributed by atoms with Crippen LogP contribution in [0.2, 0.25) is 5.02 Å². The summed E-state index contributed by atoms with van der Waals surface area (Å²) in [7, 11) is 0. The third-order valence-electron chi connectivity index (χ3n) is 2.14. The van der Waals surface area contributed by atoms with Gasteiger partial charge in [-0.15, -0.1) is 0 Å². The van der Waals surface area contributed by atoms with Gasteiger partial charge in [0.15, 0.2) is 0 Å². The van der Waals surface area contributed by atoms with Crippen molar-refractivity contribution in [2.24, 2.45) is 0 Å². The van der Waals surface area contributed by atoms with Gasteiger partial charge in [0.2, 0.25) is 5.24 Å². The molecule has 80 valence electrons. The summed E-state index contributed by atoms with van der Waals surface area (Å²) in [4.78, 5) is 10.7. The molecule has 0 N–H and O–H groups in total. The smallest absolute Gasteiger partial charge is 0.247 e. The molecule has 0 aliphatic rings. The summed E-state index contributed by atoms with van der Waals surface area (Å²) >= 11 is 11.0. The molecule has 0 bridgehead atoms. The van der Waals surface area contributed by atoms with Crippen LogP contribution in [0.5, 0.6) is 0 Å². The van der Waals surface area contributed by atoms with Gasteiger partial charge in [0, 0.05) is 10.6 Å². The number of carbonyl (C=O) groups is 1. The summed E-state index contributed by atoms with van der Waals surface area (Å²) in [6.07, 6.45) is 2.42. The first-order chi connectivity index (χ1) is 7.09. The zero-order valence-corrected chi connectivity index (χ0v) is 9.81. The number of rotatable bonds is 5. The van der Waals surface area contributed by atoms with Crippen molar-refractivity contribution in [1.29, 1.82) is 0 Å². The van der Waals surface area contributed by atoms with Crippen molar-refractivity contribution in [2.75, 3.05) is 0 Å². The molecule has 0 aromatic heterocycles. The van der Waals surface area contributed by atoms with Crippen LogP contribution in [-0.4, -0.2) is 5.24 Å². The molecule has 0 saturated heterocycles. The van der Waals surface area contributed by atoms with Gasteiger partial charge >= 0.3 is 0 Å². The van der Waals surface area contributed by atoms with Gasteiger partial charge in [-0.3, -0.25) is 4.79 Å². The molecule has 0 spiro atoms. The standard InChI is InChI=1S/C12H12Cl2O/c1-9(12(14)15)3-2-4-10-5-7-11(13)8-6-10/h5-8H,1-4H2. The average Bonchev–Trinajstić information content (AvgIpc) is 2.20. The molecule has 1 aromatic rings. The van der Waals surface area contributed by atoms with E-state index in [1.54, 1.807) is 0 Å². The second-order valence-electron chi connectivity index (χ2n) is 3.36. The van der Waals surface area contributed by atoms with Crippen LogP contribution in [0.25, 0.3) is 0 Å². The predicted octanol–water partition coefficient (Wildman–Crippen LogP) is 3.98. The lowest BCUT2D eigenvalue weighted by molar-refractivity contribution is -0.108. The molecule has 0 aliphatic carbocycles. The minimum absolute atomic E-state index is 0.439. The van der Waals surface area contributed by atoms with Gasteiger partial charge in [-0.05, 0) is 48.6 Å². The molecule has 0 radical (unpaired) electrons. The molecule has 0 amide bonds. The summed E-state index contributed by atoms with van der Waals surface area (Å²) in [5, 5.41) is 0.296. The highest BCUT2D eigenvalue weighted by Gasteiger charge is 2.02. The summed E-state index contributed by atoms with van der Waals surface area (Å²) in [5.74, 6) is 0. The number of hydrogen-bond acceptors (Lipinski definition) is 1. The molecule has 15 heavy (non-hydrogen) atoms. The van der Waals surface area contributed by atoms with Crippen molar-refractivity contribution in [3.63, 3.8) is 0 Å². The number of benzene rings is 1. The first-order valence-electron chi connectivity index (χ1n) is 4.71. The summed E-state index contributed by atoms with van der Waals surface area (Å²) in [6, 6.07) is 7.68. The van der Waals surface area contributed by atoms with Crippen molar-refractivity contribution < 1.29 is 4.79 Å². The quantitative estimate of drug-likeness (QED) is 0.564. The van der Waals surface area contributed by atoms with E-state index in [2.05, 4.69) is 6.58 Å². The SMILES string of the molecule is C=C(CCCc1ccc(Cl)cc1)C(=O)Cl. The Morgan fingerprint density at radius 2 is 1.87 bits per heavy atom. The Morgan fingerprint density at radius 3 is 2.40 bits per heavy atom. The van der Waals surface area contributed by atoms with E-state index in [9.17, 15) is 4.79 Å². The molecule has 1 nitrogen and oxygen atoms in total. The van der Waals surface area contributed by atoms with Crippen LogP contribution in [0.1, 0.15) is 18.4 Å². The fourth-order valence-electron chi connectivity index (χ4n) is 1.26. The topological polar surface area (TPSA) is 17.1 Å². The molecular formula is C12H12Cl2O. The third-order valence-corrected chi connectivity index (χ3v) is 2.65. The van der Waals surface area contributed by atoms with E-state index in [1.165, 1.54) is 5.56 Å². The maximum absolute atomic E-state index is 10.7. The van der Waals surface area contributed by atoms with Crippen LogP contribution in [0.3, 0.4) is 0 Å². The first kappa shape index (κ1) is 12.3. The van der Waals surface area contributed by atoms with E-state index in [0.717, 1.165) is 17.9 Å². The Kier molecular flexibility index (Phi) is 4.86. The highest BCUT2D eigenvalue weighted by molar-refractivity contribution is 6.67. The second kappa shape index (κ2) is 5.94. The molecule has 3 heteroatoms. The Bertz CT molecular complexity index is 354. The maximum atomic E-state index is 10.7. The number of aryl methyl sites for hydroxylation is 1. The molecular weight excluding hydrogens is 231 g/mol. The van der Waals surface area contributed by atoms with Crippen LogP contribution < -0.4 is 0 Å². The number of allylic oxidation sites excluding steroid dienone is 1. The van der Waals surface area contributed by atoms with Gasteiger partial charge in [-0.25, -0.2) is 0 Å². The summed E-state index contributed by atoms with van der Waals surface area (Å²) < 4.78 is 0. The minimum Gasteiger partial charge on any atom is -0.276 e. The largest absolute Gasteiger partial charge is 0.276 e. The lowest BCUT2D eigenvalue weighted by Crippen LogP contribution is -1.93. The first-order valence-corrected chi connectivity index (χ1v) is 5.47.